The smallest absolute Gasteiger partial charge is 0.258 e. The molecule has 152 valence electrons. The summed E-state index contributed by atoms with van der Waals surface area (Å²) >= 11 is 1.67. The number of hydrogen-bond acceptors (Lipinski definition) is 3. The lowest BCUT2D eigenvalue weighted by molar-refractivity contribution is 0.0988. The monoisotopic (exact) mass is 416 g/mol. The molecule has 0 spiro atoms. The Morgan fingerprint density at radius 3 is 2.40 bits per heavy atom. The molecule has 0 saturated heterocycles. The molecule has 1 aliphatic heterocycles. The van der Waals surface area contributed by atoms with E-state index in [0.717, 1.165) is 17.0 Å². The summed E-state index contributed by atoms with van der Waals surface area (Å²) in [7, 11) is 0. The number of carbonyl (C=O) groups excluding carboxylic acids is 2. The van der Waals surface area contributed by atoms with E-state index < -0.39 is 0 Å². The van der Waals surface area contributed by atoms with Gasteiger partial charge in [-0.1, -0.05) is 44.2 Å². The standard InChI is InChI=1S/C25H24N2O2S/c1-17(2)30-23-10-6-4-8-21(23)24(28)26-20-13-11-19(12-14-20)25(29)27-16-15-18-7-3-5-9-22(18)27/h3-14,17H,15-16H2,1-2H3,(H,26,28). The van der Waals surface area contributed by atoms with Crippen molar-refractivity contribution < 1.29 is 9.59 Å². The molecule has 1 aliphatic rings. The molecule has 0 fully saturated rings. The van der Waals surface area contributed by atoms with Crippen molar-refractivity contribution in [2.45, 2.75) is 30.4 Å². The molecule has 0 aromatic heterocycles. The van der Waals surface area contributed by atoms with E-state index >= 15 is 0 Å². The van der Waals surface area contributed by atoms with Gasteiger partial charge in [-0.2, -0.15) is 0 Å². The van der Waals surface area contributed by atoms with E-state index in [0.29, 0.717) is 28.6 Å². The van der Waals surface area contributed by atoms with Gasteiger partial charge >= 0.3 is 0 Å². The van der Waals surface area contributed by atoms with Crippen molar-refractivity contribution in [1.82, 2.24) is 0 Å². The van der Waals surface area contributed by atoms with Crippen molar-refractivity contribution in [2.75, 3.05) is 16.8 Å². The highest BCUT2D eigenvalue weighted by Gasteiger charge is 2.25. The summed E-state index contributed by atoms with van der Waals surface area (Å²) in [4.78, 5) is 28.5. The number of para-hydroxylation sites is 1. The SMILES string of the molecule is CC(C)Sc1ccccc1C(=O)Nc1ccc(C(=O)N2CCc3ccccc32)cc1. The van der Waals surface area contributed by atoms with E-state index in [1.807, 2.05) is 47.4 Å². The van der Waals surface area contributed by atoms with Gasteiger partial charge in [-0.05, 0) is 54.4 Å². The first-order chi connectivity index (χ1) is 14.5. The van der Waals surface area contributed by atoms with Crippen LogP contribution in [0.3, 0.4) is 0 Å². The third-order valence-electron chi connectivity index (χ3n) is 5.02. The molecule has 0 radical (unpaired) electrons. The largest absolute Gasteiger partial charge is 0.322 e. The van der Waals surface area contributed by atoms with Gasteiger partial charge < -0.3 is 10.2 Å². The summed E-state index contributed by atoms with van der Waals surface area (Å²) in [5, 5.41) is 3.33. The Labute approximate surface area is 181 Å². The van der Waals surface area contributed by atoms with Gasteiger partial charge in [0.1, 0.15) is 0 Å². The van der Waals surface area contributed by atoms with Gasteiger partial charge in [-0.3, -0.25) is 9.59 Å². The molecule has 3 aromatic rings. The van der Waals surface area contributed by atoms with Crippen LogP contribution >= 0.6 is 11.8 Å². The number of fused-ring (bicyclic) bond motifs is 1. The zero-order valence-corrected chi connectivity index (χ0v) is 17.9. The molecular weight excluding hydrogens is 392 g/mol. The van der Waals surface area contributed by atoms with Crippen molar-refractivity contribution in [3.05, 3.63) is 89.5 Å². The second-order valence-electron chi connectivity index (χ2n) is 7.53. The maximum Gasteiger partial charge on any atom is 0.258 e. The number of benzene rings is 3. The average molecular weight is 417 g/mol. The van der Waals surface area contributed by atoms with Crippen molar-refractivity contribution in [2.24, 2.45) is 0 Å². The van der Waals surface area contributed by atoms with Gasteiger partial charge in [0.2, 0.25) is 0 Å². The van der Waals surface area contributed by atoms with Gasteiger partial charge in [-0.15, -0.1) is 11.8 Å². The summed E-state index contributed by atoms with van der Waals surface area (Å²) in [5.41, 5.74) is 4.13. The molecule has 0 bridgehead atoms. The molecule has 1 heterocycles. The Balaban J connectivity index is 1.47. The van der Waals surface area contributed by atoms with Crippen LogP contribution < -0.4 is 10.2 Å². The molecule has 2 amide bonds. The lowest BCUT2D eigenvalue weighted by Gasteiger charge is -2.17. The predicted octanol–water partition coefficient (Wildman–Crippen LogP) is 5.64. The van der Waals surface area contributed by atoms with E-state index in [2.05, 4.69) is 25.2 Å². The van der Waals surface area contributed by atoms with Crippen LogP contribution in [0, 0.1) is 0 Å². The minimum Gasteiger partial charge on any atom is -0.322 e. The van der Waals surface area contributed by atoms with Crippen LogP contribution in [0.15, 0.2) is 77.7 Å². The topological polar surface area (TPSA) is 49.4 Å². The lowest BCUT2D eigenvalue weighted by Crippen LogP contribution is -2.28. The maximum atomic E-state index is 12.9. The first-order valence-corrected chi connectivity index (χ1v) is 11.0. The summed E-state index contributed by atoms with van der Waals surface area (Å²) in [5.74, 6) is -0.164. The number of carbonyl (C=O) groups is 2. The highest BCUT2D eigenvalue weighted by atomic mass is 32.2. The van der Waals surface area contributed by atoms with Gasteiger partial charge in [0.15, 0.2) is 0 Å². The highest BCUT2D eigenvalue weighted by molar-refractivity contribution is 8.00. The van der Waals surface area contributed by atoms with Crippen LogP contribution in [0.25, 0.3) is 0 Å². The molecule has 0 aliphatic carbocycles. The Bertz CT molecular complexity index is 1080. The minimum atomic E-state index is -0.147. The van der Waals surface area contributed by atoms with Gasteiger partial charge in [0.05, 0.1) is 5.56 Å². The molecule has 5 heteroatoms. The first kappa shape index (κ1) is 20.2. The molecular formula is C25H24N2O2S. The fourth-order valence-corrected chi connectivity index (χ4v) is 4.56. The van der Waals surface area contributed by atoms with E-state index in [1.165, 1.54) is 5.56 Å². The number of nitrogens with zero attached hydrogens (tertiary/aromatic N) is 1. The van der Waals surface area contributed by atoms with E-state index in [9.17, 15) is 9.59 Å². The number of nitrogens with one attached hydrogen (secondary N) is 1. The van der Waals surface area contributed by atoms with Crippen molar-refractivity contribution in [1.29, 1.82) is 0 Å². The van der Waals surface area contributed by atoms with Crippen molar-refractivity contribution in [3.8, 4) is 0 Å². The minimum absolute atomic E-state index is 0.0171. The Kier molecular flexibility index (Phi) is 5.91. The second kappa shape index (κ2) is 8.76. The quantitative estimate of drug-likeness (QED) is 0.548. The summed E-state index contributed by atoms with van der Waals surface area (Å²) in [6, 6.07) is 22.7. The second-order valence-corrected chi connectivity index (χ2v) is 9.15. The number of thioether (sulfide) groups is 1. The van der Waals surface area contributed by atoms with Crippen molar-refractivity contribution >= 4 is 35.0 Å². The molecule has 0 atom stereocenters. The maximum absolute atomic E-state index is 12.9. The van der Waals surface area contributed by atoms with Crippen LogP contribution in [0.5, 0.6) is 0 Å². The average Bonchev–Trinajstić information content (AvgIpc) is 3.18. The zero-order chi connectivity index (χ0) is 21.1. The highest BCUT2D eigenvalue weighted by Crippen LogP contribution is 2.29. The number of rotatable bonds is 5. The van der Waals surface area contributed by atoms with Crippen LogP contribution in [0.1, 0.15) is 40.1 Å². The third-order valence-corrected chi connectivity index (χ3v) is 6.10. The van der Waals surface area contributed by atoms with Crippen LogP contribution in [-0.4, -0.2) is 23.6 Å². The van der Waals surface area contributed by atoms with E-state index in [4.69, 9.17) is 0 Å². The molecule has 1 N–H and O–H groups in total. The Morgan fingerprint density at radius 2 is 1.63 bits per heavy atom. The summed E-state index contributed by atoms with van der Waals surface area (Å²) in [6.07, 6.45) is 0.879. The fourth-order valence-electron chi connectivity index (χ4n) is 3.61. The third kappa shape index (κ3) is 4.26. The number of anilines is 2. The molecule has 3 aromatic carbocycles. The van der Waals surface area contributed by atoms with Gasteiger partial charge in [-0.25, -0.2) is 0 Å². The summed E-state index contributed by atoms with van der Waals surface area (Å²) < 4.78 is 0. The molecule has 4 rings (SSSR count). The van der Waals surface area contributed by atoms with Crippen LogP contribution in [0.4, 0.5) is 11.4 Å². The Morgan fingerprint density at radius 1 is 0.933 bits per heavy atom. The van der Waals surface area contributed by atoms with E-state index in [1.54, 1.807) is 36.0 Å². The molecule has 4 nitrogen and oxygen atoms in total. The zero-order valence-electron chi connectivity index (χ0n) is 17.1. The lowest BCUT2D eigenvalue weighted by atomic mass is 10.1. The number of hydrogen-bond donors (Lipinski definition) is 1. The Hall–Kier alpha value is -3.05. The molecule has 30 heavy (non-hydrogen) atoms. The van der Waals surface area contributed by atoms with Gasteiger partial charge in [0, 0.05) is 33.6 Å². The first-order valence-electron chi connectivity index (χ1n) is 10.1. The molecule has 0 saturated carbocycles. The van der Waals surface area contributed by atoms with Crippen molar-refractivity contribution in [3.63, 3.8) is 0 Å². The fraction of sp³-hybridized carbons (Fsp3) is 0.200. The molecule has 0 unspecified atom stereocenters. The van der Waals surface area contributed by atoms with Gasteiger partial charge in [0.25, 0.3) is 11.8 Å². The normalized spacial score (nSPS) is 12.7. The van der Waals surface area contributed by atoms with Crippen LogP contribution in [0.2, 0.25) is 0 Å². The van der Waals surface area contributed by atoms with Crippen LogP contribution in [-0.2, 0) is 6.42 Å². The van der Waals surface area contributed by atoms with E-state index in [-0.39, 0.29) is 11.8 Å². The predicted molar refractivity (Wildman–Crippen MR) is 124 cm³/mol. The summed E-state index contributed by atoms with van der Waals surface area (Å²) in [6.45, 7) is 4.91. The number of amides is 2.